The van der Waals surface area contributed by atoms with Gasteiger partial charge >= 0.3 is 0 Å². The molecule has 0 amide bonds. The van der Waals surface area contributed by atoms with E-state index in [4.69, 9.17) is 35.3 Å². The van der Waals surface area contributed by atoms with Gasteiger partial charge in [0.25, 0.3) is 0 Å². The van der Waals surface area contributed by atoms with Crippen LogP contribution < -0.4 is 0 Å². The second-order valence-corrected chi connectivity index (χ2v) is 10.2. The summed E-state index contributed by atoms with van der Waals surface area (Å²) in [6.07, 6.45) is 5.43. The summed E-state index contributed by atoms with van der Waals surface area (Å²) in [5.41, 5.74) is 1.04. The highest BCUT2D eigenvalue weighted by atomic mass is 35.5. The molecule has 2 rings (SSSR count). The lowest BCUT2D eigenvalue weighted by atomic mass is 9.89. The molecule has 1 saturated heterocycles. The van der Waals surface area contributed by atoms with Crippen LogP contribution in [0.25, 0.3) is 0 Å². The van der Waals surface area contributed by atoms with Gasteiger partial charge in [0.2, 0.25) is 0 Å². The van der Waals surface area contributed by atoms with Crippen molar-refractivity contribution in [2.45, 2.75) is 116 Å². The zero-order valence-corrected chi connectivity index (χ0v) is 24.0. The van der Waals surface area contributed by atoms with Crippen LogP contribution in [-0.4, -0.2) is 67.7 Å². The van der Waals surface area contributed by atoms with Crippen molar-refractivity contribution in [3.8, 4) is 5.75 Å². The van der Waals surface area contributed by atoms with Crippen LogP contribution in [0.4, 0.5) is 0 Å². The Labute approximate surface area is 228 Å². The molecule has 1 aliphatic rings. The number of benzene rings is 1. The predicted octanol–water partition coefficient (Wildman–Crippen LogP) is 6.35. The number of hydrogen-bond donors (Lipinski definition) is 2. The number of phenols is 1. The van der Waals surface area contributed by atoms with Crippen LogP contribution >= 0.6 is 11.6 Å². The molecule has 37 heavy (non-hydrogen) atoms. The molecule has 214 valence electrons. The minimum absolute atomic E-state index is 0.000368. The Morgan fingerprint density at radius 2 is 1.32 bits per heavy atom. The zero-order chi connectivity index (χ0) is 27.0. The van der Waals surface area contributed by atoms with Crippen molar-refractivity contribution in [1.29, 1.82) is 0 Å². The van der Waals surface area contributed by atoms with Gasteiger partial charge in [0, 0.05) is 37.0 Å². The molecule has 0 radical (unpaired) electrons. The summed E-state index contributed by atoms with van der Waals surface area (Å²) in [5, 5.41) is 21.1. The number of unbranched alkanes of at least 4 members (excludes halogenated alkanes) is 4. The molecule has 0 spiro atoms. The lowest BCUT2D eigenvalue weighted by Crippen LogP contribution is -2.58. The largest absolute Gasteiger partial charge is 0.508 e. The normalized spacial score (nSPS) is 24.0. The van der Waals surface area contributed by atoms with Crippen molar-refractivity contribution < 1.29 is 33.9 Å². The van der Waals surface area contributed by atoms with Crippen LogP contribution in [0.15, 0.2) is 12.1 Å². The predicted molar refractivity (Wildman–Crippen MR) is 146 cm³/mol. The van der Waals surface area contributed by atoms with E-state index in [2.05, 4.69) is 27.7 Å². The highest BCUT2D eigenvalue weighted by Crippen LogP contribution is 2.42. The number of aliphatic hydroxyl groups is 1. The average molecular weight is 545 g/mol. The van der Waals surface area contributed by atoms with Crippen molar-refractivity contribution in [2.24, 2.45) is 0 Å². The molecule has 2 N–H and O–H groups in total. The van der Waals surface area contributed by atoms with E-state index >= 15 is 0 Å². The van der Waals surface area contributed by atoms with E-state index in [1.165, 1.54) is 6.07 Å². The average Bonchev–Trinajstić information content (AvgIpc) is 2.89. The maximum absolute atomic E-state index is 10.9. The van der Waals surface area contributed by atoms with Gasteiger partial charge in [-0.3, -0.25) is 0 Å². The molecular weight excluding hydrogens is 496 g/mol. The van der Waals surface area contributed by atoms with E-state index in [1.54, 1.807) is 6.07 Å². The van der Waals surface area contributed by atoms with Gasteiger partial charge in [-0.15, -0.1) is 0 Å². The number of ether oxygens (including phenoxy) is 5. The third-order valence-electron chi connectivity index (χ3n) is 6.66. The molecular formula is C29H49ClO7. The first-order valence-electron chi connectivity index (χ1n) is 14.2. The van der Waals surface area contributed by atoms with E-state index < -0.39 is 24.4 Å². The monoisotopic (exact) mass is 544 g/mol. The van der Waals surface area contributed by atoms with Gasteiger partial charge in [0.15, 0.2) is 0 Å². The summed E-state index contributed by atoms with van der Waals surface area (Å²) < 4.78 is 32.0. The Morgan fingerprint density at radius 1 is 0.784 bits per heavy atom. The fourth-order valence-electron chi connectivity index (χ4n) is 4.39. The minimum Gasteiger partial charge on any atom is -0.508 e. The van der Waals surface area contributed by atoms with Gasteiger partial charge in [-0.2, -0.15) is 0 Å². The molecule has 0 aliphatic carbocycles. The Balaban J connectivity index is 2.48. The van der Waals surface area contributed by atoms with Crippen molar-refractivity contribution in [3.05, 3.63) is 28.3 Å². The Morgan fingerprint density at radius 3 is 1.89 bits per heavy atom. The summed E-state index contributed by atoms with van der Waals surface area (Å²) in [7, 11) is 0. The van der Waals surface area contributed by atoms with Gasteiger partial charge in [0.1, 0.15) is 36.3 Å². The molecule has 7 nitrogen and oxygen atoms in total. The van der Waals surface area contributed by atoms with Crippen LogP contribution in [0.5, 0.6) is 5.75 Å². The summed E-state index contributed by atoms with van der Waals surface area (Å²) in [5.74, 6) is -0.000368. The number of aromatic hydroxyl groups is 1. The van der Waals surface area contributed by atoms with E-state index in [1.807, 2.05) is 0 Å². The highest BCUT2D eigenvalue weighted by Gasteiger charge is 2.49. The fraction of sp³-hybridized carbons (Fsp3) is 0.793. The topological polar surface area (TPSA) is 86.6 Å². The lowest BCUT2D eigenvalue weighted by Gasteiger charge is -2.46. The van der Waals surface area contributed by atoms with Crippen LogP contribution in [0.3, 0.4) is 0 Å². The highest BCUT2D eigenvalue weighted by molar-refractivity contribution is 6.31. The van der Waals surface area contributed by atoms with Crippen LogP contribution in [0.2, 0.25) is 5.02 Å². The molecule has 1 aliphatic heterocycles. The first-order valence-corrected chi connectivity index (χ1v) is 14.6. The summed E-state index contributed by atoms with van der Waals surface area (Å²) in [6, 6.07) is 3.16. The first kappa shape index (κ1) is 32.3. The second-order valence-electron chi connectivity index (χ2n) is 9.75. The Hall–Kier alpha value is -0.930. The number of halogens is 1. The van der Waals surface area contributed by atoms with Crippen molar-refractivity contribution in [3.63, 3.8) is 0 Å². The van der Waals surface area contributed by atoms with Crippen molar-refractivity contribution in [2.75, 3.05) is 33.0 Å². The van der Waals surface area contributed by atoms with E-state index in [-0.39, 0.29) is 18.5 Å². The maximum atomic E-state index is 10.9. The number of aliphatic hydroxyl groups excluding tert-OH is 1. The van der Waals surface area contributed by atoms with Crippen LogP contribution in [0, 0.1) is 0 Å². The molecule has 1 aromatic rings. The molecule has 1 fully saturated rings. The second kappa shape index (κ2) is 18.4. The SMILES string of the molecule is CCCCOCC1OC(c2cc(CO)c(Cl)cc2O)[C@H](OCCCC)C(OCCCC)[C@@H]1OCCCC. The van der Waals surface area contributed by atoms with Gasteiger partial charge in [0.05, 0.1) is 13.2 Å². The van der Waals surface area contributed by atoms with Crippen molar-refractivity contribution in [1.82, 2.24) is 0 Å². The minimum atomic E-state index is -0.642. The summed E-state index contributed by atoms with van der Waals surface area (Å²) in [4.78, 5) is 0. The molecule has 0 aromatic heterocycles. The van der Waals surface area contributed by atoms with Crippen LogP contribution in [-0.2, 0) is 30.3 Å². The molecule has 0 saturated carbocycles. The fourth-order valence-corrected chi connectivity index (χ4v) is 4.60. The maximum Gasteiger partial charge on any atom is 0.122 e. The molecule has 1 aromatic carbocycles. The lowest BCUT2D eigenvalue weighted by molar-refractivity contribution is -0.268. The third-order valence-corrected chi connectivity index (χ3v) is 7.01. The molecule has 3 unspecified atom stereocenters. The van der Waals surface area contributed by atoms with Gasteiger partial charge < -0.3 is 33.9 Å². The smallest absolute Gasteiger partial charge is 0.122 e. The number of rotatable bonds is 19. The number of hydrogen-bond acceptors (Lipinski definition) is 7. The van der Waals surface area contributed by atoms with E-state index in [9.17, 15) is 10.2 Å². The first-order chi connectivity index (χ1) is 18.0. The van der Waals surface area contributed by atoms with Gasteiger partial charge in [-0.05, 0) is 43.4 Å². The Bertz CT molecular complexity index is 747. The van der Waals surface area contributed by atoms with Crippen molar-refractivity contribution >= 4 is 11.6 Å². The summed E-state index contributed by atoms with van der Waals surface area (Å²) in [6.45, 7) is 11.0. The standard InChI is InChI=1S/C29H49ClO7/c1-5-9-13-33-20-25-27(34-14-10-6-2)29(36-16-12-8-4)28(35-15-11-7-3)26(37-25)22-17-21(19-31)23(30)18-24(22)32/h17-18,25-29,31-32H,5-16,19-20H2,1-4H3/t25?,26?,27-,28+,29?/m1/s1. The van der Waals surface area contributed by atoms with Crippen LogP contribution in [0.1, 0.15) is 96.3 Å². The zero-order valence-electron chi connectivity index (χ0n) is 23.3. The number of phenolic OH excluding ortho intramolecular Hbond substituents is 1. The Kier molecular flexibility index (Phi) is 16.0. The molecule has 8 heteroatoms. The molecule has 0 bridgehead atoms. The summed E-state index contributed by atoms with van der Waals surface area (Å²) >= 11 is 6.26. The van der Waals surface area contributed by atoms with Gasteiger partial charge in [-0.25, -0.2) is 0 Å². The quantitative estimate of drug-likeness (QED) is 0.196. The van der Waals surface area contributed by atoms with E-state index in [0.717, 1.165) is 51.4 Å². The van der Waals surface area contributed by atoms with E-state index in [0.29, 0.717) is 49.2 Å². The van der Waals surface area contributed by atoms with Gasteiger partial charge in [-0.1, -0.05) is 65.0 Å². The third kappa shape index (κ3) is 9.95. The molecule has 1 heterocycles. The molecule has 5 atom stereocenters.